The largest absolute Gasteiger partial charge is 0.452 e. The van der Waals surface area contributed by atoms with E-state index in [0.717, 1.165) is 16.0 Å². The molecule has 3 rings (SSSR count). The highest BCUT2D eigenvalue weighted by atomic mass is 32.1. The zero-order valence-corrected chi connectivity index (χ0v) is 13.2. The predicted molar refractivity (Wildman–Crippen MR) is 84.5 cm³/mol. The second kappa shape index (κ2) is 5.42. The average molecular weight is 314 g/mol. The summed E-state index contributed by atoms with van der Waals surface area (Å²) in [5, 5.41) is 1.97. The highest BCUT2D eigenvalue weighted by Gasteiger charge is 2.30. The van der Waals surface area contributed by atoms with Gasteiger partial charge >= 0.3 is 5.97 Å². The summed E-state index contributed by atoms with van der Waals surface area (Å²) in [5.74, 6) is 0.554. The standard InChI is InChI=1S/C17H14O4S/c1-9-4-5-22-15(9)8-14-17(19)16-10(2)6-12(20-11(3)18)7-13(16)21-14/h4-8H,1-3H3/b14-8-. The number of ketones is 1. The molecule has 0 atom stereocenters. The Balaban J connectivity index is 2.00. The minimum Gasteiger partial charge on any atom is -0.452 e. The van der Waals surface area contributed by atoms with E-state index in [-0.39, 0.29) is 5.78 Å². The Morgan fingerprint density at radius 3 is 2.68 bits per heavy atom. The topological polar surface area (TPSA) is 52.6 Å². The molecule has 0 saturated carbocycles. The fraction of sp³-hybridized carbons (Fsp3) is 0.176. The molecule has 0 aliphatic carbocycles. The van der Waals surface area contributed by atoms with E-state index in [1.807, 2.05) is 18.4 Å². The molecule has 2 aromatic rings. The van der Waals surface area contributed by atoms with Crippen LogP contribution in [0.4, 0.5) is 0 Å². The molecule has 2 heterocycles. The van der Waals surface area contributed by atoms with Gasteiger partial charge in [0.15, 0.2) is 5.76 Å². The Labute approximate surface area is 132 Å². The molecule has 0 saturated heterocycles. The minimum atomic E-state index is -0.409. The van der Waals surface area contributed by atoms with Crippen LogP contribution < -0.4 is 9.47 Å². The molecule has 0 radical (unpaired) electrons. The van der Waals surface area contributed by atoms with Crippen LogP contribution in [-0.4, -0.2) is 11.8 Å². The number of ether oxygens (including phenoxy) is 2. The Hall–Kier alpha value is -2.40. The molecule has 5 heteroatoms. The summed E-state index contributed by atoms with van der Waals surface area (Å²) in [7, 11) is 0. The van der Waals surface area contributed by atoms with E-state index >= 15 is 0 Å². The Morgan fingerprint density at radius 1 is 1.27 bits per heavy atom. The van der Waals surface area contributed by atoms with Crippen molar-refractivity contribution < 1.29 is 19.1 Å². The van der Waals surface area contributed by atoms with Crippen LogP contribution in [0.25, 0.3) is 6.08 Å². The highest BCUT2D eigenvalue weighted by Crippen LogP contribution is 2.38. The normalized spacial score (nSPS) is 14.9. The lowest BCUT2D eigenvalue weighted by Crippen LogP contribution is -2.02. The molecule has 0 spiro atoms. The first-order valence-corrected chi connectivity index (χ1v) is 7.65. The van der Waals surface area contributed by atoms with E-state index in [1.165, 1.54) is 6.92 Å². The second-order valence-corrected chi connectivity index (χ2v) is 6.06. The van der Waals surface area contributed by atoms with Crippen LogP contribution in [0.3, 0.4) is 0 Å². The van der Waals surface area contributed by atoms with Gasteiger partial charge in [0.1, 0.15) is 11.5 Å². The van der Waals surface area contributed by atoms with Gasteiger partial charge in [-0.3, -0.25) is 9.59 Å². The van der Waals surface area contributed by atoms with Crippen molar-refractivity contribution >= 4 is 29.2 Å². The molecule has 0 fully saturated rings. The number of esters is 1. The summed E-state index contributed by atoms with van der Waals surface area (Å²) in [5.41, 5.74) is 2.35. The van der Waals surface area contributed by atoms with Crippen molar-refractivity contribution in [2.75, 3.05) is 0 Å². The van der Waals surface area contributed by atoms with Crippen molar-refractivity contribution in [2.24, 2.45) is 0 Å². The summed E-state index contributed by atoms with van der Waals surface area (Å²) in [6, 6.07) is 5.23. The van der Waals surface area contributed by atoms with Crippen LogP contribution in [0.15, 0.2) is 29.3 Å². The van der Waals surface area contributed by atoms with E-state index in [2.05, 4.69) is 0 Å². The highest BCUT2D eigenvalue weighted by molar-refractivity contribution is 7.11. The van der Waals surface area contributed by atoms with Gasteiger partial charge in [0.05, 0.1) is 5.56 Å². The SMILES string of the molecule is CC(=O)Oc1cc(C)c2c(c1)O/C(=C\c1sccc1C)C2=O. The number of hydrogen-bond donors (Lipinski definition) is 0. The van der Waals surface area contributed by atoms with Gasteiger partial charge in [-0.25, -0.2) is 0 Å². The van der Waals surface area contributed by atoms with Crippen molar-refractivity contribution in [3.05, 3.63) is 50.9 Å². The van der Waals surface area contributed by atoms with Gasteiger partial charge in [-0.15, -0.1) is 11.3 Å². The number of thiophene rings is 1. The van der Waals surface area contributed by atoms with Crippen molar-refractivity contribution in [3.63, 3.8) is 0 Å². The van der Waals surface area contributed by atoms with E-state index in [9.17, 15) is 9.59 Å². The van der Waals surface area contributed by atoms with Crippen molar-refractivity contribution in [1.29, 1.82) is 0 Å². The van der Waals surface area contributed by atoms with Crippen molar-refractivity contribution in [1.82, 2.24) is 0 Å². The number of aryl methyl sites for hydroxylation is 2. The number of carbonyl (C=O) groups is 2. The van der Waals surface area contributed by atoms with Crippen molar-refractivity contribution in [3.8, 4) is 11.5 Å². The third-order valence-electron chi connectivity index (χ3n) is 3.37. The van der Waals surface area contributed by atoms with Gasteiger partial charge in [-0.2, -0.15) is 0 Å². The third-order valence-corrected chi connectivity index (χ3v) is 4.34. The van der Waals surface area contributed by atoms with Gasteiger partial charge in [-0.05, 0) is 42.5 Å². The van der Waals surface area contributed by atoms with E-state index < -0.39 is 5.97 Å². The lowest BCUT2D eigenvalue weighted by molar-refractivity contribution is -0.131. The molecule has 0 N–H and O–H groups in total. The molecule has 1 aliphatic heterocycles. The molecule has 0 amide bonds. The molecular formula is C17H14O4S. The van der Waals surface area contributed by atoms with Crippen LogP contribution in [0, 0.1) is 13.8 Å². The molecule has 1 aromatic heterocycles. The number of hydrogen-bond acceptors (Lipinski definition) is 5. The number of allylic oxidation sites excluding steroid dienone is 1. The van der Waals surface area contributed by atoms with Crippen LogP contribution in [-0.2, 0) is 4.79 Å². The number of fused-ring (bicyclic) bond motifs is 1. The molecule has 1 aliphatic rings. The number of rotatable bonds is 2. The maximum atomic E-state index is 12.5. The maximum Gasteiger partial charge on any atom is 0.308 e. The third kappa shape index (κ3) is 2.55. The fourth-order valence-electron chi connectivity index (χ4n) is 2.35. The van der Waals surface area contributed by atoms with E-state index in [4.69, 9.17) is 9.47 Å². The summed E-state index contributed by atoms with van der Waals surface area (Å²) in [4.78, 5) is 24.5. The molecule has 112 valence electrons. The smallest absolute Gasteiger partial charge is 0.308 e. The number of carbonyl (C=O) groups excluding carboxylic acids is 2. The Kier molecular flexibility index (Phi) is 3.58. The van der Waals surface area contributed by atoms with Crippen molar-refractivity contribution in [2.45, 2.75) is 20.8 Å². The first kappa shape index (κ1) is 14.5. The molecule has 22 heavy (non-hydrogen) atoms. The quantitative estimate of drug-likeness (QED) is 0.479. The zero-order chi connectivity index (χ0) is 15.9. The van der Waals surface area contributed by atoms with E-state index in [0.29, 0.717) is 22.8 Å². The summed E-state index contributed by atoms with van der Waals surface area (Å²) in [6.45, 7) is 5.12. The van der Waals surface area contributed by atoms with Gasteiger partial charge in [0.2, 0.25) is 5.78 Å². The lowest BCUT2D eigenvalue weighted by Gasteiger charge is -2.05. The monoisotopic (exact) mass is 314 g/mol. The predicted octanol–water partition coefficient (Wildman–Crippen LogP) is 3.91. The number of Topliss-reactive ketones (excluding diaryl/α,β-unsaturated/α-hetero) is 1. The lowest BCUT2D eigenvalue weighted by atomic mass is 10.0. The average Bonchev–Trinajstić information content (AvgIpc) is 2.95. The first-order chi connectivity index (χ1) is 10.5. The summed E-state index contributed by atoms with van der Waals surface area (Å²) in [6.07, 6.45) is 1.76. The summed E-state index contributed by atoms with van der Waals surface area (Å²) >= 11 is 1.55. The van der Waals surface area contributed by atoms with Crippen LogP contribution in [0.1, 0.15) is 33.3 Å². The zero-order valence-electron chi connectivity index (χ0n) is 12.4. The molecule has 0 unspecified atom stereocenters. The Bertz CT molecular complexity index is 814. The van der Waals surface area contributed by atoms with E-state index in [1.54, 1.807) is 36.5 Å². The van der Waals surface area contributed by atoms with Gasteiger partial charge in [0, 0.05) is 23.9 Å². The van der Waals surface area contributed by atoms with Crippen LogP contribution in [0.2, 0.25) is 0 Å². The minimum absolute atomic E-state index is 0.144. The number of benzene rings is 1. The molecule has 4 nitrogen and oxygen atoms in total. The first-order valence-electron chi connectivity index (χ1n) is 6.77. The molecular weight excluding hydrogens is 300 g/mol. The Morgan fingerprint density at radius 2 is 2.05 bits per heavy atom. The van der Waals surface area contributed by atoms with Gasteiger partial charge in [0.25, 0.3) is 0 Å². The van der Waals surface area contributed by atoms with Gasteiger partial charge < -0.3 is 9.47 Å². The maximum absolute atomic E-state index is 12.5. The summed E-state index contributed by atoms with van der Waals surface area (Å²) < 4.78 is 10.7. The molecule has 0 bridgehead atoms. The van der Waals surface area contributed by atoms with Crippen LogP contribution >= 0.6 is 11.3 Å². The second-order valence-electron chi connectivity index (χ2n) is 5.11. The van der Waals surface area contributed by atoms with Crippen LogP contribution in [0.5, 0.6) is 11.5 Å². The van der Waals surface area contributed by atoms with Gasteiger partial charge in [-0.1, -0.05) is 0 Å². The fourth-order valence-corrected chi connectivity index (χ4v) is 3.20. The molecule has 1 aromatic carbocycles.